The first-order valence-corrected chi connectivity index (χ1v) is 10.2. The number of hydrogen-bond acceptors (Lipinski definition) is 3. The fourth-order valence-electron chi connectivity index (χ4n) is 3.02. The number of carbonyl (C=O) groups excluding carboxylic acids is 1. The molecule has 0 atom stereocenters. The topological polar surface area (TPSA) is 77.9 Å². The van der Waals surface area contributed by atoms with Gasteiger partial charge in [-0.1, -0.05) is 24.3 Å². The van der Waals surface area contributed by atoms with Gasteiger partial charge in [-0.2, -0.15) is 5.26 Å². The van der Waals surface area contributed by atoms with Crippen molar-refractivity contribution in [3.8, 4) is 11.8 Å². The van der Waals surface area contributed by atoms with E-state index in [1.54, 1.807) is 6.08 Å². The molecule has 0 saturated heterocycles. The van der Waals surface area contributed by atoms with Crippen LogP contribution in [0.15, 0.2) is 58.7 Å². The quantitative estimate of drug-likeness (QED) is 0.392. The highest BCUT2D eigenvalue weighted by Gasteiger charge is 2.11. The Hall–Kier alpha value is -3.04. The van der Waals surface area contributed by atoms with Gasteiger partial charge in [-0.05, 0) is 71.6 Å². The van der Waals surface area contributed by atoms with Crippen molar-refractivity contribution < 1.29 is 9.53 Å². The van der Waals surface area contributed by atoms with E-state index in [2.05, 4.69) is 26.2 Å². The number of amides is 1. The lowest BCUT2D eigenvalue weighted by Crippen LogP contribution is -2.26. The van der Waals surface area contributed by atoms with Crippen LogP contribution in [0, 0.1) is 11.3 Å². The Labute approximate surface area is 178 Å². The van der Waals surface area contributed by atoms with E-state index < -0.39 is 0 Å². The number of ether oxygens (including phenoxy) is 1. The smallest absolute Gasteiger partial charge is 0.261 e. The molecule has 0 aliphatic heterocycles. The molecule has 6 heteroatoms. The molecule has 1 amide bonds. The number of benzene rings is 2. The zero-order chi connectivity index (χ0) is 20.8. The van der Waals surface area contributed by atoms with Gasteiger partial charge in [0, 0.05) is 23.6 Å². The number of hydrogen-bond donors (Lipinski definition) is 2. The zero-order valence-electron chi connectivity index (χ0n) is 16.3. The Morgan fingerprint density at radius 3 is 2.83 bits per heavy atom. The lowest BCUT2D eigenvalue weighted by atomic mass is 10.1. The minimum absolute atomic E-state index is 0.0605. The second kappa shape index (κ2) is 9.44. The Morgan fingerprint density at radius 2 is 2.10 bits per heavy atom. The van der Waals surface area contributed by atoms with Crippen LogP contribution < -0.4 is 10.1 Å². The molecule has 2 aromatic carbocycles. The Balaban J connectivity index is 1.64. The van der Waals surface area contributed by atoms with E-state index in [0.717, 1.165) is 32.3 Å². The van der Waals surface area contributed by atoms with E-state index in [0.29, 0.717) is 13.0 Å². The van der Waals surface area contributed by atoms with Crippen molar-refractivity contribution in [3.63, 3.8) is 0 Å². The molecule has 29 heavy (non-hydrogen) atoms. The molecular formula is C23H22BrN3O2. The van der Waals surface area contributed by atoms with Crippen LogP contribution in [0.5, 0.6) is 5.75 Å². The third-order valence-electron chi connectivity index (χ3n) is 4.35. The molecule has 0 bridgehead atoms. The van der Waals surface area contributed by atoms with Crippen LogP contribution in [0.2, 0.25) is 0 Å². The van der Waals surface area contributed by atoms with Crippen molar-refractivity contribution in [1.29, 1.82) is 5.26 Å². The van der Waals surface area contributed by atoms with E-state index in [4.69, 9.17) is 4.74 Å². The summed E-state index contributed by atoms with van der Waals surface area (Å²) in [5, 5.41) is 13.4. The van der Waals surface area contributed by atoms with Crippen LogP contribution in [0.3, 0.4) is 0 Å². The summed E-state index contributed by atoms with van der Waals surface area (Å²) in [6.45, 7) is 4.36. The van der Waals surface area contributed by atoms with E-state index in [9.17, 15) is 10.1 Å². The van der Waals surface area contributed by atoms with Gasteiger partial charge in [-0.3, -0.25) is 4.79 Å². The van der Waals surface area contributed by atoms with Crippen molar-refractivity contribution in [2.24, 2.45) is 0 Å². The summed E-state index contributed by atoms with van der Waals surface area (Å²) >= 11 is 3.47. The molecule has 0 aliphatic carbocycles. The Kier molecular flexibility index (Phi) is 6.73. The van der Waals surface area contributed by atoms with E-state index in [1.165, 1.54) is 0 Å². The number of para-hydroxylation sites is 1. The van der Waals surface area contributed by atoms with Gasteiger partial charge in [0.2, 0.25) is 0 Å². The first-order chi connectivity index (χ1) is 14.0. The van der Waals surface area contributed by atoms with Gasteiger partial charge in [0.15, 0.2) is 0 Å². The van der Waals surface area contributed by atoms with Crippen molar-refractivity contribution in [1.82, 2.24) is 10.3 Å². The SMILES string of the molecule is CC(C)Oc1ccc(/C=C(/C#N)C(=O)NCCc2c[nH]c3ccccc23)cc1Br. The summed E-state index contributed by atoms with van der Waals surface area (Å²) in [4.78, 5) is 15.6. The maximum Gasteiger partial charge on any atom is 0.261 e. The molecule has 0 unspecified atom stereocenters. The summed E-state index contributed by atoms with van der Waals surface area (Å²) in [5.41, 5.74) is 3.01. The van der Waals surface area contributed by atoms with Gasteiger partial charge in [-0.15, -0.1) is 0 Å². The number of aromatic nitrogens is 1. The van der Waals surface area contributed by atoms with Crippen molar-refractivity contribution in [2.75, 3.05) is 6.54 Å². The van der Waals surface area contributed by atoms with Crippen molar-refractivity contribution >= 4 is 38.8 Å². The largest absolute Gasteiger partial charge is 0.490 e. The molecule has 1 heterocycles. The molecule has 2 N–H and O–H groups in total. The summed E-state index contributed by atoms with van der Waals surface area (Å²) < 4.78 is 6.46. The molecule has 0 saturated carbocycles. The van der Waals surface area contributed by atoms with Gasteiger partial charge in [0.05, 0.1) is 10.6 Å². The zero-order valence-corrected chi connectivity index (χ0v) is 17.9. The first-order valence-electron chi connectivity index (χ1n) is 9.39. The van der Waals surface area contributed by atoms with Crippen LogP contribution in [-0.2, 0) is 11.2 Å². The van der Waals surface area contributed by atoms with Crippen molar-refractivity contribution in [2.45, 2.75) is 26.4 Å². The molecule has 0 fully saturated rings. The number of carbonyl (C=O) groups is 1. The normalized spacial score (nSPS) is 11.5. The Morgan fingerprint density at radius 1 is 1.31 bits per heavy atom. The number of H-pyrrole nitrogens is 1. The number of nitrogens with zero attached hydrogens (tertiary/aromatic N) is 1. The van der Waals surface area contributed by atoms with Crippen LogP contribution in [0.25, 0.3) is 17.0 Å². The third-order valence-corrected chi connectivity index (χ3v) is 4.97. The predicted molar refractivity (Wildman–Crippen MR) is 119 cm³/mol. The lowest BCUT2D eigenvalue weighted by Gasteiger charge is -2.11. The first kappa shape index (κ1) is 20.7. The van der Waals surface area contributed by atoms with Gasteiger partial charge >= 0.3 is 0 Å². The molecule has 1 aromatic heterocycles. The molecule has 3 rings (SSSR count). The summed E-state index contributed by atoms with van der Waals surface area (Å²) in [7, 11) is 0. The molecule has 5 nitrogen and oxygen atoms in total. The third kappa shape index (κ3) is 5.27. The van der Waals surface area contributed by atoms with Crippen LogP contribution in [0.1, 0.15) is 25.0 Å². The second-order valence-corrected chi connectivity index (χ2v) is 7.75. The van der Waals surface area contributed by atoms with Gasteiger partial charge in [0.1, 0.15) is 17.4 Å². The monoisotopic (exact) mass is 451 g/mol. The highest BCUT2D eigenvalue weighted by atomic mass is 79.9. The van der Waals surface area contributed by atoms with Gasteiger partial charge in [-0.25, -0.2) is 0 Å². The average Bonchev–Trinajstić information content (AvgIpc) is 3.11. The van der Waals surface area contributed by atoms with E-state index in [1.807, 2.05) is 68.6 Å². The fourth-order valence-corrected chi connectivity index (χ4v) is 3.51. The minimum Gasteiger partial charge on any atom is -0.490 e. The van der Waals surface area contributed by atoms with Crippen LogP contribution in [0.4, 0.5) is 0 Å². The lowest BCUT2D eigenvalue weighted by molar-refractivity contribution is -0.117. The highest BCUT2D eigenvalue weighted by Crippen LogP contribution is 2.27. The molecule has 0 spiro atoms. The standard InChI is InChI=1S/C23H22BrN3O2/c1-15(2)29-22-8-7-16(12-20(22)24)11-18(13-25)23(28)26-10-9-17-14-27-21-6-4-3-5-19(17)21/h3-8,11-12,14-15,27H,9-10H2,1-2H3,(H,26,28)/b18-11-. The minimum atomic E-state index is -0.383. The Bertz CT molecular complexity index is 1090. The molecule has 148 valence electrons. The summed E-state index contributed by atoms with van der Waals surface area (Å²) in [6, 6.07) is 15.5. The number of nitriles is 1. The molecular weight excluding hydrogens is 430 g/mol. The number of halogens is 1. The fraction of sp³-hybridized carbons (Fsp3) is 0.217. The van der Waals surface area contributed by atoms with Crippen LogP contribution >= 0.6 is 15.9 Å². The van der Waals surface area contributed by atoms with Crippen LogP contribution in [-0.4, -0.2) is 23.5 Å². The average molecular weight is 452 g/mol. The van der Waals surface area contributed by atoms with Gasteiger partial charge < -0.3 is 15.0 Å². The maximum atomic E-state index is 12.4. The molecule has 0 aliphatic rings. The van der Waals surface area contributed by atoms with E-state index in [-0.39, 0.29) is 17.6 Å². The molecule has 3 aromatic rings. The highest BCUT2D eigenvalue weighted by molar-refractivity contribution is 9.10. The second-order valence-electron chi connectivity index (χ2n) is 6.89. The van der Waals surface area contributed by atoms with Crippen molar-refractivity contribution in [3.05, 3.63) is 69.8 Å². The summed E-state index contributed by atoms with van der Waals surface area (Å²) in [5.74, 6) is 0.338. The molecule has 0 radical (unpaired) electrons. The van der Waals surface area contributed by atoms with Gasteiger partial charge in [0.25, 0.3) is 5.91 Å². The number of nitrogens with one attached hydrogen (secondary N) is 2. The van der Waals surface area contributed by atoms with E-state index >= 15 is 0 Å². The number of fused-ring (bicyclic) bond motifs is 1. The summed E-state index contributed by atoms with van der Waals surface area (Å²) in [6.07, 6.45) is 4.27. The number of aromatic amines is 1. The maximum absolute atomic E-state index is 12.4. The predicted octanol–water partition coefficient (Wildman–Crippen LogP) is 4.98. The number of rotatable bonds is 7.